The molecule has 1 unspecified atom stereocenters. The lowest BCUT2D eigenvalue weighted by atomic mass is 9.99. The smallest absolute Gasteiger partial charge is 0.308 e. The predicted octanol–water partition coefficient (Wildman–Crippen LogP) is 4.87. The first-order chi connectivity index (χ1) is 19.3. The molecule has 0 radical (unpaired) electrons. The van der Waals surface area contributed by atoms with E-state index < -0.39 is 0 Å². The summed E-state index contributed by atoms with van der Waals surface area (Å²) in [4.78, 5) is 41.5. The highest BCUT2D eigenvalue weighted by Gasteiger charge is 2.26. The van der Waals surface area contributed by atoms with Crippen LogP contribution in [0.15, 0.2) is 71.5 Å². The fraction of sp³-hybridized carbons (Fsp3) is 0.300. The Morgan fingerprint density at radius 1 is 1.02 bits per heavy atom. The number of anilines is 1. The van der Waals surface area contributed by atoms with E-state index >= 15 is 0 Å². The van der Waals surface area contributed by atoms with Crippen molar-refractivity contribution in [3.63, 3.8) is 0 Å². The number of halogens is 1. The largest absolute Gasteiger partial charge is 0.379 e. The average Bonchev–Trinajstić information content (AvgIpc) is 3.26. The molecule has 3 aromatic carbocycles. The third-order valence-electron chi connectivity index (χ3n) is 7.15. The minimum Gasteiger partial charge on any atom is -0.379 e. The Bertz CT molecular complexity index is 1560. The molecule has 1 saturated heterocycles. The number of fused-ring (bicyclic) bond motifs is 1. The molecule has 1 N–H and O–H groups in total. The highest BCUT2D eigenvalue weighted by molar-refractivity contribution is 7.16. The van der Waals surface area contributed by atoms with Gasteiger partial charge >= 0.3 is 4.87 Å². The Balaban J connectivity index is 1.39. The standard InChI is InChI=1S/C30H31ClN4O4S/c1-20(36)32-25-10-7-22(8-11-25)21-3-5-23(6-4-21)27(18-34-13-15-39-16-14-34)33(2)29(37)19-35-26-17-24(31)9-12-28(26)40-30(35)38/h3-12,17,27H,13-16,18-19H2,1-2H3,(H,32,36). The predicted molar refractivity (Wildman–Crippen MR) is 160 cm³/mol. The third-order valence-corrected chi connectivity index (χ3v) is 8.35. The number of aromatic nitrogens is 1. The van der Waals surface area contributed by atoms with Gasteiger partial charge < -0.3 is 15.0 Å². The summed E-state index contributed by atoms with van der Waals surface area (Å²) in [6, 6.07) is 21.0. The van der Waals surface area contributed by atoms with Crippen molar-refractivity contribution >= 4 is 50.7 Å². The number of nitrogens with zero attached hydrogens (tertiary/aromatic N) is 3. The Morgan fingerprint density at radius 3 is 2.33 bits per heavy atom. The minimum atomic E-state index is -0.217. The number of amides is 2. The summed E-state index contributed by atoms with van der Waals surface area (Å²) in [5, 5.41) is 3.31. The van der Waals surface area contributed by atoms with Crippen LogP contribution in [0.1, 0.15) is 18.5 Å². The van der Waals surface area contributed by atoms with Crippen LogP contribution in [-0.4, -0.2) is 66.1 Å². The first-order valence-electron chi connectivity index (χ1n) is 13.1. The van der Waals surface area contributed by atoms with Gasteiger partial charge in [0.05, 0.1) is 29.5 Å². The molecule has 5 rings (SSSR count). The molecule has 40 heavy (non-hydrogen) atoms. The van der Waals surface area contributed by atoms with Crippen LogP contribution < -0.4 is 10.2 Å². The zero-order valence-electron chi connectivity index (χ0n) is 22.4. The lowest BCUT2D eigenvalue weighted by molar-refractivity contribution is -0.133. The molecule has 208 valence electrons. The summed E-state index contributed by atoms with van der Waals surface area (Å²) in [5.41, 5.74) is 4.48. The highest BCUT2D eigenvalue weighted by Crippen LogP contribution is 2.28. The maximum absolute atomic E-state index is 13.6. The van der Waals surface area contributed by atoms with Gasteiger partial charge in [-0.2, -0.15) is 0 Å². The number of likely N-dealkylation sites (N-methyl/N-ethyl adjacent to an activating group) is 1. The molecule has 0 bridgehead atoms. The monoisotopic (exact) mass is 578 g/mol. The average molecular weight is 579 g/mol. The molecule has 8 nitrogen and oxygen atoms in total. The first kappa shape index (κ1) is 28.0. The number of morpholine rings is 1. The van der Waals surface area contributed by atoms with E-state index in [9.17, 15) is 14.4 Å². The summed E-state index contributed by atoms with van der Waals surface area (Å²) in [7, 11) is 1.80. The number of hydrogen-bond acceptors (Lipinski definition) is 6. The van der Waals surface area contributed by atoms with E-state index in [4.69, 9.17) is 16.3 Å². The molecule has 0 spiro atoms. The lowest BCUT2D eigenvalue weighted by Crippen LogP contribution is -2.44. The van der Waals surface area contributed by atoms with Crippen molar-refractivity contribution in [1.29, 1.82) is 0 Å². The van der Waals surface area contributed by atoms with E-state index in [1.165, 1.54) is 11.5 Å². The molecule has 0 aliphatic carbocycles. The SMILES string of the molecule is CC(=O)Nc1ccc(-c2ccc(C(CN3CCOCC3)N(C)C(=O)Cn3c(=O)sc4ccc(Cl)cc43)cc2)cc1. The molecule has 2 amide bonds. The number of hydrogen-bond donors (Lipinski definition) is 1. The molecular formula is C30H31ClN4O4S. The van der Waals surface area contributed by atoms with Crippen molar-refractivity contribution < 1.29 is 14.3 Å². The van der Waals surface area contributed by atoms with Crippen molar-refractivity contribution in [3.05, 3.63) is 87.0 Å². The molecule has 1 aromatic heterocycles. The number of rotatable bonds is 8. The molecule has 1 atom stereocenters. The highest BCUT2D eigenvalue weighted by atomic mass is 35.5. The van der Waals surface area contributed by atoms with Gasteiger partial charge in [0.25, 0.3) is 0 Å². The van der Waals surface area contributed by atoms with Crippen molar-refractivity contribution in [2.45, 2.75) is 19.5 Å². The minimum absolute atomic E-state index is 0.0615. The van der Waals surface area contributed by atoms with Crippen molar-refractivity contribution in [1.82, 2.24) is 14.4 Å². The Labute approximate surface area is 241 Å². The number of ether oxygens (including phenoxy) is 1. The van der Waals surface area contributed by atoms with Gasteiger partial charge in [-0.1, -0.05) is 59.3 Å². The fourth-order valence-corrected chi connectivity index (χ4v) is 5.97. The summed E-state index contributed by atoms with van der Waals surface area (Å²) in [6.45, 7) is 4.99. The first-order valence-corrected chi connectivity index (χ1v) is 14.3. The van der Waals surface area contributed by atoms with Crippen molar-refractivity contribution in [3.8, 4) is 11.1 Å². The number of benzene rings is 3. The third kappa shape index (κ3) is 6.45. The van der Waals surface area contributed by atoms with E-state index in [-0.39, 0.29) is 29.3 Å². The van der Waals surface area contributed by atoms with Crippen LogP contribution in [0.25, 0.3) is 21.3 Å². The van der Waals surface area contributed by atoms with Crippen LogP contribution in [0.4, 0.5) is 5.69 Å². The molecule has 1 aliphatic heterocycles. The molecule has 2 heterocycles. The van der Waals surface area contributed by atoms with E-state index in [0.29, 0.717) is 30.3 Å². The van der Waals surface area contributed by atoms with Gasteiger partial charge in [-0.3, -0.25) is 23.9 Å². The van der Waals surface area contributed by atoms with E-state index in [1.54, 1.807) is 24.1 Å². The van der Waals surface area contributed by atoms with Gasteiger partial charge in [-0.25, -0.2) is 0 Å². The molecule has 0 saturated carbocycles. The summed E-state index contributed by atoms with van der Waals surface area (Å²) in [6.07, 6.45) is 0. The van der Waals surface area contributed by atoms with Crippen molar-refractivity contribution in [2.75, 3.05) is 45.2 Å². The van der Waals surface area contributed by atoms with Crippen LogP contribution in [0.2, 0.25) is 5.02 Å². The zero-order valence-corrected chi connectivity index (χ0v) is 24.0. The molecule has 10 heteroatoms. The van der Waals surface area contributed by atoms with Gasteiger partial charge in [-0.05, 0) is 47.0 Å². The normalized spacial score (nSPS) is 14.7. The van der Waals surface area contributed by atoms with Crippen LogP contribution in [0.5, 0.6) is 0 Å². The number of carbonyl (C=O) groups is 2. The Hall–Kier alpha value is -3.50. The second-order valence-corrected chi connectivity index (χ2v) is 11.3. The topological polar surface area (TPSA) is 83.9 Å². The second-order valence-electron chi connectivity index (χ2n) is 9.88. The van der Waals surface area contributed by atoms with Gasteiger partial charge in [0, 0.05) is 44.3 Å². The van der Waals surface area contributed by atoms with Gasteiger partial charge in [-0.15, -0.1) is 0 Å². The summed E-state index contributed by atoms with van der Waals surface area (Å²) < 4.78 is 7.84. The molecule has 1 aliphatic rings. The molecule has 4 aromatic rings. The fourth-order valence-electron chi connectivity index (χ4n) is 4.93. The zero-order chi connectivity index (χ0) is 28.2. The lowest BCUT2D eigenvalue weighted by Gasteiger charge is -2.35. The number of carbonyl (C=O) groups excluding carboxylic acids is 2. The van der Waals surface area contributed by atoms with Crippen LogP contribution in [-0.2, 0) is 20.9 Å². The van der Waals surface area contributed by atoms with Crippen LogP contribution >= 0.6 is 22.9 Å². The molecule has 1 fully saturated rings. The van der Waals surface area contributed by atoms with E-state index in [0.717, 1.165) is 51.5 Å². The van der Waals surface area contributed by atoms with Crippen molar-refractivity contribution in [2.24, 2.45) is 0 Å². The number of nitrogens with one attached hydrogen (secondary N) is 1. The van der Waals surface area contributed by atoms with E-state index in [1.807, 2.05) is 42.5 Å². The summed E-state index contributed by atoms with van der Waals surface area (Å²) >= 11 is 7.30. The second kappa shape index (κ2) is 12.3. The van der Waals surface area contributed by atoms with Crippen LogP contribution in [0, 0.1) is 0 Å². The van der Waals surface area contributed by atoms with E-state index in [2.05, 4.69) is 22.3 Å². The molecular weight excluding hydrogens is 548 g/mol. The maximum Gasteiger partial charge on any atom is 0.308 e. The number of thiazole rings is 1. The van der Waals surface area contributed by atoms with Gasteiger partial charge in [0.1, 0.15) is 6.54 Å². The Kier molecular flexibility index (Phi) is 8.66. The van der Waals surface area contributed by atoms with Gasteiger partial charge in [0.2, 0.25) is 11.8 Å². The van der Waals surface area contributed by atoms with Gasteiger partial charge in [0.15, 0.2) is 0 Å². The maximum atomic E-state index is 13.6. The van der Waals surface area contributed by atoms with Crippen LogP contribution in [0.3, 0.4) is 0 Å². The Morgan fingerprint density at radius 2 is 1.68 bits per heavy atom. The summed E-state index contributed by atoms with van der Waals surface area (Å²) in [5.74, 6) is -0.263. The quantitative estimate of drug-likeness (QED) is 0.322.